The largest absolute Gasteiger partial charge is 0.496 e. The quantitative estimate of drug-likeness (QED) is 0.0994. The summed E-state index contributed by atoms with van der Waals surface area (Å²) >= 11 is 10.2. The molecule has 1 aliphatic heterocycles. The van der Waals surface area contributed by atoms with Gasteiger partial charge in [0.15, 0.2) is 34.9 Å². The summed E-state index contributed by atoms with van der Waals surface area (Å²) in [6, 6.07) is 139. The van der Waals surface area contributed by atoms with Crippen molar-refractivity contribution in [3.63, 3.8) is 0 Å². The molecule has 0 saturated carbocycles. The highest BCUT2D eigenvalue weighted by Crippen LogP contribution is 2.48. The third-order valence-corrected chi connectivity index (χ3v) is 25.2. The van der Waals surface area contributed by atoms with Gasteiger partial charge in [-0.15, -0.1) is 22.7 Å². The minimum atomic E-state index is -0.369. The van der Waals surface area contributed by atoms with Crippen molar-refractivity contribution in [3.8, 4) is 146 Å². The van der Waals surface area contributed by atoms with Crippen molar-refractivity contribution >= 4 is 87.2 Å². The Labute approximate surface area is 719 Å². The molecule has 121 heavy (non-hydrogen) atoms. The van der Waals surface area contributed by atoms with E-state index in [9.17, 15) is 0 Å². The number of halogens is 1. The third kappa shape index (κ3) is 16.4. The SMILES string of the molecule is C.CC1(C)OB(c2cccc3c2sc2c(-c4cccc(-c5ccccc5)c4)cccc23)OC1(C)C.Clc1cc(-c2ccccc2)cc(-c2nc(-c3ccccc3)nc(-c3ccccc3)n2)c1.c1ccc(-c2cccc(-c3cccc4c3sc3c(-c5cc(-c6ccccc6)cc(-c6nc(-c7ccccc7)nc(-c7ccccc7)n6)c5)cccc34)c2)cc1. The molecule has 0 N–H and O–H groups in total. The van der Waals surface area contributed by atoms with E-state index < -0.39 is 0 Å². The molecule has 582 valence electrons. The minimum absolute atomic E-state index is 0. The van der Waals surface area contributed by atoms with E-state index in [-0.39, 0.29) is 25.7 Å². The van der Waals surface area contributed by atoms with Gasteiger partial charge in [0.05, 0.1) is 11.2 Å². The zero-order valence-corrected chi connectivity index (χ0v) is 68.8. The summed E-state index contributed by atoms with van der Waals surface area (Å²) < 4.78 is 17.9. The lowest BCUT2D eigenvalue weighted by molar-refractivity contribution is 0.00578. The summed E-state index contributed by atoms with van der Waals surface area (Å²) in [7, 11) is -0.369. The molecule has 0 spiro atoms. The molecule has 5 heterocycles. The summed E-state index contributed by atoms with van der Waals surface area (Å²) in [6.45, 7) is 8.43. The number of hydrogen-bond acceptors (Lipinski definition) is 10. The molecule has 21 rings (SSSR count). The third-order valence-electron chi connectivity index (χ3n) is 22.4. The van der Waals surface area contributed by atoms with Crippen LogP contribution in [0, 0.1) is 0 Å². The average molecular weight is 1620 g/mol. The molecule has 4 aromatic heterocycles. The van der Waals surface area contributed by atoms with Gasteiger partial charge in [-0.25, -0.2) is 29.9 Å². The molecule has 1 saturated heterocycles. The number of fused-ring (bicyclic) bond motifs is 6. The Bertz CT molecular complexity index is 6970. The van der Waals surface area contributed by atoms with Gasteiger partial charge in [-0.3, -0.25) is 0 Å². The van der Waals surface area contributed by atoms with Crippen molar-refractivity contribution < 1.29 is 9.31 Å². The van der Waals surface area contributed by atoms with E-state index in [1.807, 2.05) is 174 Å². The Balaban J connectivity index is 0.000000131. The Morgan fingerprint density at radius 3 is 0.818 bits per heavy atom. The Kier molecular flexibility index (Phi) is 22.2. The molecule has 8 nitrogen and oxygen atoms in total. The molecular weight excluding hydrogens is 1540 g/mol. The number of nitrogens with zero attached hydrogens (tertiary/aromatic N) is 6. The number of hydrogen-bond donors (Lipinski definition) is 0. The van der Waals surface area contributed by atoms with Crippen LogP contribution in [0.25, 0.3) is 187 Å². The smallest absolute Gasteiger partial charge is 0.399 e. The zero-order valence-electron chi connectivity index (χ0n) is 66.4. The van der Waals surface area contributed by atoms with Gasteiger partial charge >= 0.3 is 7.12 Å². The van der Waals surface area contributed by atoms with Crippen LogP contribution < -0.4 is 5.46 Å². The van der Waals surface area contributed by atoms with Gasteiger partial charge in [0.25, 0.3) is 0 Å². The predicted molar refractivity (Wildman–Crippen MR) is 510 cm³/mol. The normalized spacial score (nSPS) is 12.7. The maximum absolute atomic E-state index is 6.49. The molecule has 1 fully saturated rings. The molecule has 0 atom stereocenters. The van der Waals surface area contributed by atoms with E-state index in [4.69, 9.17) is 50.8 Å². The van der Waals surface area contributed by atoms with Gasteiger partial charge in [-0.05, 0) is 160 Å². The molecule has 0 bridgehead atoms. The Hall–Kier alpha value is -13.7. The summed E-state index contributed by atoms with van der Waals surface area (Å²) in [4.78, 5) is 29.5. The first-order chi connectivity index (χ1) is 58.8. The minimum Gasteiger partial charge on any atom is -0.399 e. The molecule has 16 aromatic carbocycles. The highest BCUT2D eigenvalue weighted by atomic mass is 35.5. The first-order valence-electron chi connectivity index (χ1n) is 40.2. The van der Waals surface area contributed by atoms with Crippen molar-refractivity contribution in [2.45, 2.75) is 46.3 Å². The lowest BCUT2D eigenvalue weighted by Gasteiger charge is -2.32. The van der Waals surface area contributed by atoms with Crippen LogP contribution in [0.4, 0.5) is 0 Å². The summed E-state index contributed by atoms with van der Waals surface area (Å²) in [5.74, 6) is 3.78. The number of rotatable bonds is 14. The fourth-order valence-corrected chi connectivity index (χ4v) is 18.6. The lowest BCUT2D eigenvalue weighted by Crippen LogP contribution is -2.41. The van der Waals surface area contributed by atoms with Gasteiger partial charge < -0.3 is 9.31 Å². The molecule has 12 heteroatoms. The molecule has 0 amide bonds. The van der Waals surface area contributed by atoms with E-state index in [0.717, 1.165) is 66.7 Å². The zero-order chi connectivity index (χ0) is 81.1. The Morgan fingerprint density at radius 2 is 0.455 bits per heavy atom. The first kappa shape index (κ1) is 78.4. The average Bonchev–Trinajstić information content (AvgIpc) is 1.59. The second-order valence-corrected chi connectivity index (χ2v) is 33.3. The van der Waals surface area contributed by atoms with Crippen molar-refractivity contribution in [1.29, 1.82) is 0 Å². The number of thiophene rings is 2. The molecule has 0 radical (unpaired) electrons. The van der Waals surface area contributed by atoms with Crippen molar-refractivity contribution in [2.75, 3.05) is 0 Å². The van der Waals surface area contributed by atoms with Crippen molar-refractivity contribution in [1.82, 2.24) is 29.9 Å². The maximum Gasteiger partial charge on any atom is 0.496 e. The van der Waals surface area contributed by atoms with E-state index in [1.165, 1.54) is 90.4 Å². The first-order valence-corrected chi connectivity index (χ1v) is 42.2. The van der Waals surface area contributed by atoms with Gasteiger partial charge in [0.1, 0.15) is 0 Å². The summed E-state index contributed by atoms with van der Waals surface area (Å²) in [5, 5.41) is 5.69. The van der Waals surface area contributed by atoms with Crippen LogP contribution in [0.3, 0.4) is 0 Å². The van der Waals surface area contributed by atoms with Crippen LogP contribution in [0.1, 0.15) is 35.1 Å². The number of benzene rings is 16. The second kappa shape index (κ2) is 34.3. The molecule has 20 aromatic rings. The van der Waals surface area contributed by atoms with E-state index in [0.29, 0.717) is 40.0 Å². The van der Waals surface area contributed by atoms with Crippen molar-refractivity contribution in [3.05, 3.63) is 405 Å². The standard InChI is InChI=1S/C51H33N3S.C30H27BO2S.C27H18ClN3.CH4/c1-5-16-34(17-6-1)38-24-13-25-39(30-38)43-26-14-28-45-46-29-15-27-44(48(46)55-47(43)45)41-31-40(35-18-7-2-8-19-35)32-42(33-41)51-53-49(36-20-9-3-10-21-36)52-50(54-51)37-22-11-4-12-23-37;1-29(2)30(3,4)33-31(32-29)26-18-10-17-25-24-16-9-15-23(27(24)34-28(25)26)22-14-8-13-21(19-22)20-11-6-5-7-12-20;28-24-17-22(19-10-4-1-5-11-19)16-23(18-24)27-30-25(20-12-6-2-7-13-20)29-26(31-27)21-14-8-3-9-15-21;/h1-33H;5-19H,1-4H3;1-18H;1H4. The lowest BCUT2D eigenvalue weighted by atomic mass is 9.78. The maximum atomic E-state index is 6.49. The highest BCUT2D eigenvalue weighted by Gasteiger charge is 2.52. The predicted octanol–water partition coefficient (Wildman–Crippen LogP) is 29.4. The number of aromatic nitrogens is 6. The second-order valence-electron chi connectivity index (χ2n) is 30.8. The summed E-state index contributed by atoms with van der Waals surface area (Å²) in [5.41, 5.74) is 22.4. The van der Waals surface area contributed by atoms with Gasteiger partial charge in [0.2, 0.25) is 0 Å². The highest BCUT2D eigenvalue weighted by molar-refractivity contribution is 7.27. The summed E-state index contributed by atoms with van der Waals surface area (Å²) in [6.07, 6.45) is 0. The van der Waals surface area contributed by atoms with Crippen LogP contribution in [0.5, 0.6) is 0 Å². The fraction of sp³-hybridized carbons (Fsp3) is 0.0642. The monoisotopic (exact) mass is 1620 g/mol. The van der Waals surface area contributed by atoms with Crippen LogP contribution in [-0.4, -0.2) is 48.2 Å². The molecule has 0 unspecified atom stereocenters. The van der Waals surface area contributed by atoms with Crippen molar-refractivity contribution in [2.24, 2.45) is 0 Å². The van der Waals surface area contributed by atoms with Crippen LogP contribution in [0.15, 0.2) is 400 Å². The fourth-order valence-electron chi connectivity index (χ4n) is 15.6. The van der Waals surface area contributed by atoms with E-state index >= 15 is 0 Å². The molecule has 1 aliphatic rings. The van der Waals surface area contributed by atoms with Crippen LogP contribution in [0.2, 0.25) is 5.02 Å². The van der Waals surface area contributed by atoms with Gasteiger partial charge in [-0.2, -0.15) is 0 Å². The Morgan fingerprint density at radius 1 is 0.223 bits per heavy atom. The van der Waals surface area contributed by atoms with E-state index in [1.54, 1.807) is 0 Å². The van der Waals surface area contributed by atoms with Gasteiger partial charge in [-0.1, -0.05) is 371 Å². The molecular formula is C109H82BClN6O2S2. The molecule has 0 aliphatic carbocycles. The van der Waals surface area contributed by atoms with Crippen LogP contribution in [-0.2, 0) is 9.31 Å². The van der Waals surface area contributed by atoms with Gasteiger partial charge in [0, 0.05) is 78.8 Å². The van der Waals surface area contributed by atoms with E-state index in [2.05, 4.69) is 276 Å². The topological polar surface area (TPSA) is 95.8 Å². The van der Waals surface area contributed by atoms with Crippen LogP contribution >= 0.6 is 34.3 Å².